The summed E-state index contributed by atoms with van der Waals surface area (Å²) in [7, 11) is 0. The van der Waals surface area contributed by atoms with Crippen molar-refractivity contribution in [2.45, 2.75) is 6.61 Å². The quantitative estimate of drug-likeness (QED) is 0.628. The second-order valence-corrected chi connectivity index (χ2v) is 3.89. The number of halogens is 1. The minimum Gasteiger partial charge on any atom is -0.485 e. The Morgan fingerprint density at radius 1 is 1.33 bits per heavy atom. The Bertz CT molecular complexity index is 561. The summed E-state index contributed by atoms with van der Waals surface area (Å²) < 4.78 is 5.41. The van der Waals surface area contributed by atoms with E-state index < -0.39 is 4.92 Å². The summed E-state index contributed by atoms with van der Waals surface area (Å²) in [6, 6.07) is 9.49. The summed E-state index contributed by atoms with van der Waals surface area (Å²) in [6.45, 7) is 0.210. The molecule has 0 amide bonds. The second-order valence-electron chi connectivity index (χ2n) is 3.48. The van der Waals surface area contributed by atoms with Gasteiger partial charge in [0, 0.05) is 12.3 Å². The average molecular weight is 265 g/mol. The zero-order chi connectivity index (χ0) is 13.0. The van der Waals surface area contributed by atoms with E-state index in [1.807, 2.05) is 6.07 Å². The lowest BCUT2D eigenvalue weighted by molar-refractivity contribution is -0.384. The van der Waals surface area contributed by atoms with Crippen LogP contribution in [0.4, 0.5) is 5.69 Å². The van der Waals surface area contributed by atoms with Crippen LogP contribution in [0.2, 0.25) is 5.02 Å². The topological polar surface area (TPSA) is 65.3 Å². The molecule has 0 fully saturated rings. The molecule has 0 radical (unpaired) electrons. The predicted octanol–water partition coefficient (Wildman–Crippen LogP) is 3.22. The maximum Gasteiger partial charge on any atom is 0.273 e. The molecule has 6 heteroatoms. The van der Waals surface area contributed by atoms with Gasteiger partial charge in [-0.05, 0) is 18.2 Å². The number of nitro benzene ring substituents is 1. The Morgan fingerprint density at radius 3 is 2.83 bits per heavy atom. The van der Waals surface area contributed by atoms with Gasteiger partial charge in [-0.3, -0.25) is 15.1 Å². The number of benzene rings is 1. The average Bonchev–Trinajstić information content (AvgIpc) is 2.38. The standard InChI is InChI=1S/C12H9ClN2O3/c13-11-5-4-10(15(16)17)7-12(11)18-8-9-3-1-2-6-14-9/h1-7H,8H2. The molecule has 0 aliphatic heterocycles. The van der Waals surface area contributed by atoms with Crippen LogP contribution >= 0.6 is 11.6 Å². The highest BCUT2D eigenvalue weighted by Gasteiger charge is 2.10. The SMILES string of the molecule is O=[N+]([O-])c1ccc(Cl)c(OCc2ccccn2)c1. The van der Waals surface area contributed by atoms with Crippen molar-refractivity contribution >= 4 is 17.3 Å². The number of rotatable bonds is 4. The van der Waals surface area contributed by atoms with Crippen LogP contribution in [-0.4, -0.2) is 9.91 Å². The molecule has 0 atom stereocenters. The lowest BCUT2D eigenvalue weighted by atomic mass is 10.3. The number of hydrogen-bond acceptors (Lipinski definition) is 4. The highest BCUT2D eigenvalue weighted by Crippen LogP contribution is 2.29. The number of nitrogens with zero attached hydrogens (tertiary/aromatic N) is 2. The number of hydrogen-bond donors (Lipinski definition) is 0. The van der Waals surface area contributed by atoms with Crippen molar-refractivity contribution in [2.75, 3.05) is 0 Å². The van der Waals surface area contributed by atoms with Crippen molar-refractivity contribution in [2.24, 2.45) is 0 Å². The highest BCUT2D eigenvalue weighted by atomic mass is 35.5. The lowest BCUT2D eigenvalue weighted by Gasteiger charge is -2.07. The Balaban J connectivity index is 2.14. The van der Waals surface area contributed by atoms with E-state index in [1.54, 1.807) is 18.3 Å². The monoisotopic (exact) mass is 264 g/mol. The number of pyridine rings is 1. The predicted molar refractivity (Wildman–Crippen MR) is 66.7 cm³/mol. The highest BCUT2D eigenvalue weighted by molar-refractivity contribution is 6.32. The van der Waals surface area contributed by atoms with E-state index in [0.717, 1.165) is 5.69 Å². The molecule has 1 aromatic carbocycles. The fraction of sp³-hybridized carbons (Fsp3) is 0.0833. The van der Waals surface area contributed by atoms with Crippen LogP contribution in [0.1, 0.15) is 5.69 Å². The van der Waals surface area contributed by atoms with Gasteiger partial charge in [0.25, 0.3) is 5.69 Å². The fourth-order valence-corrected chi connectivity index (χ4v) is 1.52. The lowest BCUT2D eigenvalue weighted by Crippen LogP contribution is -1.98. The van der Waals surface area contributed by atoms with Crippen molar-refractivity contribution in [3.63, 3.8) is 0 Å². The smallest absolute Gasteiger partial charge is 0.273 e. The second kappa shape index (κ2) is 5.46. The number of ether oxygens (including phenoxy) is 1. The molecule has 0 N–H and O–H groups in total. The first kappa shape index (κ1) is 12.3. The summed E-state index contributed by atoms with van der Waals surface area (Å²) in [4.78, 5) is 14.2. The van der Waals surface area contributed by atoms with Crippen molar-refractivity contribution < 1.29 is 9.66 Å². The van der Waals surface area contributed by atoms with Crippen LogP contribution in [-0.2, 0) is 6.61 Å². The van der Waals surface area contributed by atoms with Gasteiger partial charge in [0.2, 0.25) is 0 Å². The molecule has 0 saturated heterocycles. The summed E-state index contributed by atoms with van der Waals surface area (Å²) in [5.41, 5.74) is 0.662. The molecule has 5 nitrogen and oxygen atoms in total. The maximum absolute atomic E-state index is 10.6. The molecule has 0 unspecified atom stereocenters. The number of aromatic nitrogens is 1. The fourth-order valence-electron chi connectivity index (χ4n) is 1.35. The van der Waals surface area contributed by atoms with Gasteiger partial charge in [0.15, 0.2) is 0 Å². The molecule has 0 bridgehead atoms. The summed E-state index contributed by atoms with van der Waals surface area (Å²) in [6.07, 6.45) is 1.65. The van der Waals surface area contributed by atoms with Gasteiger partial charge in [-0.1, -0.05) is 17.7 Å². The normalized spacial score (nSPS) is 10.1. The van der Waals surface area contributed by atoms with Crippen molar-refractivity contribution in [3.05, 3.63) is 63.4 Å². The maximum atomic E-state index is 10.6. The van der Waals surface area contributed by atoms with E-state index in [4.69, 9.17) is 16.3 Å². The Hall–Kier alpha value is -2.14. The van der Waals surface area contributed by atoms with E-state index in [0.29, 0.717) is 5.02 Å². The van der Waals surface area contributed by atoms with Crippen LogP contribution < -0.4 is 4.74 Å². The molecule has 0 aliphatic rings. The van der Waals surface area contributed by atoms with Gasteiger partial charge < -0.3 is 4.74 Å². The first-order valence-corrected chi connectivity index (χ1v) is 5.51. The van der Waals surface area contributed by atoms with Crippen LogP contribution in [0.25, 0.3) is 0 Å². The van der Waals surface area contributed by atoms with E-state index in [2.05, 4.69) is 4.98 Å². The molecule has 18 heavy (non-hydrogen) atoms. The third-order valence-electron chi connectivity index (χ3n) is 2.23. The first-order valence-electron chi connectivity index (χ1n) is 5.13. The van der Waals surface area contributed by atoms with Gasteiger partial charge in [-0.2, -0.15) is 0 Å². The van der Waals surface area contributed by atoms with E-state index in [9.17, 15) is 10.1 Å². The summed E-state index contributed by atoms with van der Waals surface area (Å²) >= 11 is 5.90. The van der Waals surface area contributed by atoms with Crippen LogP contribution in [0, 0.1) is 10.1 Å². The van der Waals surface area contributed by atoms with Gasteiger partial charge in [-0.25, -0.2) is 0 Å². The van der Waals surface area contributed by atoms with Crippen molar-refractivity contribution in [3.8, 4) is 5.75 Å². The zero-order valence-corrected chi connectivity index (χ0v) is 10.0. The summed E-state index contributed by atoms with van der Waals surface area (Å²) in [5, 5.41) is 11.0. The molecular weight excluding hydrogens is 256 g/mol. The minimum atomic E-state index is -0.496. The van der Waals surface area contributed by atoms with Crippen molar-refractivity contribution in [1.29, 1.82) is 0 Å². The number of non-ortho nitro benzene ring substituents is 1. The molecule has 1 aromatic heterocycles. The van der Waals surface area contributed by atoms with Gasteiger partial charge in [0.1, 0.15) is 12.4 Å². The third kappa shape index (κ3) is 2.95. The largest absolute Gasteiger partial charge is 0.485 e. The molecule has 1 heterocycles. The van der Waals surface area contributed by atoms with Gasteiger partial charge >= 0.3 is 0 Å². The molecule has 92 valence electrons. The Morgan fingerprint density at radius 2 is 2.17 bits per heavy atom. The molecule has 0 saturated carbocycles. The molecule has 2 aromatic rings. The van der Waals surface area contributed by atoms with E-state index in [-0.39, 0.29) is 18.0 Å². The molecular formula is C12H9ClN2O3. The Labute approximate surface area is 108 Å². The molecule has 2 rings (SSSR count). The van der Waals surface area contributed by atoms with Gasteiger partial charge in [-0.15, -0.1) is 0 Å². The number of nitro groups is 1. The first-order chi connectivity index (χ1) is 8.66. The molecule has 0 aliphatic carbocycles. The van der Waals surface area contributed by atoms with Crippen LogP contribution in [0.3, 0.4) is 0 Å². The summed E-state index contributed by atoms with van der Waals surface area (Å²) in [5.74, 6) is 0.275. The molecule has 0 spiro atoms. The van der Waals surface area contributed by atoms with Crippen LogP contribution in [0.15, 0.2) is 42.6 Å². The minimum absolute atomic E-state index is 0.0598. The van der Waals surface area contributed by atoms with Crippen molar-refractivity contribution in [1.82, 2.24) is 4.98 Å². The van der Waals surface area contributed by atoms with E-state index in [1.165, 1.54) is 18.2 Å². The zero-order valence-electron chi connectivity index (χ0n) is 9.25. The Kier molecular flexibility index (Phi) is 3.74. The van der Waals surface area contributed by atoms with Crippen LogP contribution in [0.5, 0.6) is 5.75 Å². The van der Waals surface area contributed by atoms with Gasteiger partial charge in [0.05, 0.1) is 21.7 Å². The van der Waals surface area contributed by atoms with E-state index >= 15 is 0 Å². The third-order valence-corrected chi connectivity index (χ3v) is 2.54.